The molecule has 1 amide bonds. The lowest BCUT2D eigenvalue weighted by Gasteiger charge is -2.23. The van der Waals surface area contributed by atoms with Gasteiger partial charge in [0.25, 0.3) is 17.7 Å². The van der Waals surface area contributed by atoms with Crippen molar-refractivity contribution in [1.82, 2.24) is 10.3 Å². The Hall–Kier alpha value is -3.12. The molecular weight excluding hydrogens is 579 g/mol. The summed E-state index contributed by atoms with van der Waals surface area (Å²) in [6, 6.07) is 7.70. The predicted molar refractivity (Wildman–Crippen MR) is 122 cm³/mol. The molecule has 0 fully saturated rings. The van der Waals surface area contributed by atoms with Crippen LogP contribution in [0.4, 0.5) is 22.0 Å². The topological polar surface area (TPSA) is 69.7 Å². The van der Waals surface area contributed by atoms with Gasteiger partial charge in [0.15, 0.2) is 11.5 Å². The number of rotatable bonds is 6. The van der Waals surface area contributed by atoms with Gasteiger partial charge in [0.1, 0.15) is 24.5 Å². The van der Waals surface area contributed by atoms with E-state index in [0.717, 1.165) is 30.5 Å². The van der Waals surface area contributed by atoms with Gasteiger partial charge in [-0.25, -0.2) is 4.98 Å². The molecule has 2 aromatic carbocycles. The monoisotopic (exact) mass is 592 g/mol. The summed E-state index contributed by atoms with van der Waals surface area (Å²) in [6.45, 7) is -1.00. The van der Waals surface area contributed by atoms with Gasteiger partial charge in [0.2, 0.25) is 0 Å². The number of nitrogens with zero attached hydrogens (tertiary/aromatic N) is 1. The second-order valence-electron chi connectivity index (χ2n) is 7.47. The Kier molecular flexibility index (Phi) is 7.28. The number of ether oxygens (including phenoxy) is 3. The van der Waals surface area contributed by atoms with Crippen molar-refractivity contribution in [2.75, 3.05) is 19.8 Å². The Balaban J connectivity index is 1.64. The number of alkyl halides is 5. The SMILES string of the molecule is O=C(NCC(F)(F)c1ccc(Br)cc1Cl)c1c(Oc2cccc(C(F)(F)F)c2)cnc2c1OCCO2. The van der Waals surface area contributed by atoms with E-state index in [4.69, 9.17) is 25.8 Å². The molecule has 4 rings (SSSR count). The Morgan fingerprint density at radius 1 is 1.11 bits per heavy atom. The standard InChI is InChI=1S/C23H15BrClF5N2O4/c24-13-4-5-15(16(25)9-13)22(26,27)11-32-20(33)18-17(10-31-21-19(18)34-6-7-35-21)36-14-3-1-2-12(8-14)23(28,29)30/h1-5,8-10H,6-7,11H2,(H,32,33). The number of hydrogen-bond acceptors (Lipinski definition) is 5. The van der Waals surface area contributed by atoms with Gasteiger partial charge in [-0.3, -0.25) is 4.79 Å². The number of aromatic nitrogens is 1. The normalized spacial score (nSPS) is 13.3. The van der Waals surface area contributed by atoms with Crippen LogP contribution in [0.25, 0.3) is 0 Å². The van der Waals surface area contributed by atoms with Gasteiger partial charge >= 0.3 is 6.18 Å². The highest BCUT2D eigenvalue weighted by atomic mass is 79.9. The number of benzene rings is 2. The van der Waals surface area contributed by atoms with Crippen molar-refractivity contribution in [1.29, 1.82) is 0 Å². The van der Waals surface area contributed by atoms with Crippen molar-refractivity contribution in [2.24, 2.45) is 0 Å². The van der Waals surface area contributed by atoms with Crippen LogP contribution in [0.3, 0.4) is 0 Å². The molecule has 0 radical (unpaired) electrons. The molecule has 36 heavy (non-hydrogen) atoms. The summed E-state index contributed by atoms with van der Waals surface area (Å²) in [5, 5.41) is 1.90. The molecule has 3 aromatic rings. The number of carbonyl (C=O) groups excluding carboxylic acids is 1. The van der Waals surface area contributed by atoms with Crippen LogP contribution in [0.1, 0.15) is 21.5 Å². The van der Waals surface area contributed by atoms with Crippen LogP contribution in [0.2, 0.25) is 5.02 Å². The van der Waals surface area contributed by atoms with Crippen LogP contribution in [0, 0.1) is 0 Å². The van der Waals surface area contributed by atoms with Gasteiger partial charge in [-0.05, 0) is 30.3 Å². The van der Waals surface area contributed by atoms with E-state index in [0.29, 0.717) is 4.47 Å². The summed E-state index contributed by atoms with van der Waals surface area (Å²) < 4.78 is 85.8. The van der Waals surface area contributed by atoms with Crippen molar-refractivity contribution in [3.63, 3.8) is 0 Å². The largest absolute Gasteiger partial charge is 0.484 e. The number of halogens is 7. The number of hydrogen-bond donors (Lipinski definition) is 1. The number of amides is 1. The van der Waals surface area contributed by atoms with Crippen LogP contribution < -0.4 is 19.5 Å². The minimum absolute atomic E-state index is 0.0205. The molecule has 13 heteroatoms. The van der Waals surface area contributed by atoms with Gasteiger partial charge in [0, 0.05) is 10.0 Å². The lowest BCUT2D eigenvalue weighted by molar-refractivity contribution is -0.137. The molecule has 1 N–H and O–H groups in total. The average molecular weight is 594 g/mol. The second kappa shape index (κ2) is 10.1. The molecule has 1 aliphatic heterocycles. The third-order valence-electron chi connectivity index (χ3n) is 4.95. The van der Waals surface area contributed by atoms with E-state index in [1.165, 1.54) is 18.2 Å². The fourth-order valence-corrected chi connectivity index (χ4v) is 4.11. The molecule has 0 saturated heterocycles. The molecular formula is C23H15BrClF5N2O4. The summed E-state index contributed by atoms with van der Waals surface area (Å²) in [5.74, 6) is -5.46. The zero-order chi connectivity index (χ0) is 26.1. The van der Waals surface area contributed by atoms with Gasteiger partial charge < -0.3 is 19.5 Å². The van der Waals surface area contributed by atoms with E-state index < -0.39 is 35.7 Å². The second-order valence-corrected chi connectivity index (χ2v) is 8.79. The van der Waals surface area contributed by atoms with Gasteiger partial charge in [-0.15, -0.1) is 0 Å². The van der Waals surface area contributed by atoms with Crippen LogP contribution in [0.15, 0.2) is 53.1 Å². The van der Waals surface area contributed by atoms with Crippen LogP contribution in [0.5, 0.6) is 23.1 Å². The van der Waals surface area contributed by atoms with Crippen molar-refractivity contribution in [3.8, 4) is 23.1 Å². The fourth-order valence-electron chi connectivity index (χ4n) is 3.29. The number of nitrogens with one attached hydrogen (secondary N) is 1. The van der Waals surface area contributed by atoms with Gasteiger partial charge in [-0.2, -0.15) is 22.0 Å². The highest BCUT2D eigenvalue weighted by Crippen LogP contribution is 2.40. The zero-order valence-electron chi connectivity index (χ0n) is 18.0. The first-order valence-corrected chi connectivity index (χ1v) is 11.4. The zero-order valence-corrected chi connectivity index (χ0v) is 20.3. The summed E-state index contributed by atoms with van der Waals surface area (Å²) in [4.78, 5) is 17.0. The molecule has 6 nitrogen and oxygen atoms in total. The van der Waals surface area contributed by atoms with E-state index in [9.17, 15) is 26.7 Å². The van der Waals surface area contributed by atoms with Gasteiger partial charge in [-0.1, -0.05) is 39.7 Å². The van der Waals surface area contributed by atoms with Crippen molar-refractivity contribution >= 4 is 33.4 Å². The predicted octanol–water partition coefficient (Wildman–Crippen LogP) is 6.60. The number of carbonyl (C=O) groups is 1. The minimum Gasteiger partial charge on any atom is -0.484 e. The molecule has 1 aromatic heterocycles. The van der Waals surface area contributed by atoms with Crippen LogP contribution in [-0.4, -0.2) is 30.6 Å². The minimum atomic E-state index is -4.63. The van der Waals surface area contributed by atoms with E-state index >= 15 is 0 Å². The first kappa shape index (κ1) is 26.0. The first-order valence-electron chi connectivity index (χ1n) is 10.2. The molecule has 0 saturated carbocycles. The molecule has 0 bridgehead atoms. The molecule has 0 unspecified atom stereocenters. The highest BCUT2D eigenvalue weighted by molar-refractivity contribution is 9.10. The molecule has 190 valence electrons. The lowest BCUT2D eigenvalue weighted by atomic mass is 10.1. The summed E-state index contributed by atoms with van der Waals surface area (Å²) >= 11 is 9.07. The quantitative estimate of drug-likeness (QED) is 0.326. The molecule has 0 spiro atoms. The average Bonchev–Trinajstić information content (AvgIpc) is 2.82. The molecule has 2 heterocycles. The Morgan fingerprint density at radius 2 is 1.86 bits per heavy atom. The van der Waals surface area contributed by atoms with E-state index in [1.54, 1.807) is 0 Å². The number of pyridine rings is 1. The van der Waals surface area contributed by atoms with Crippen LogP contribution >= 0.6 is 27.5 Å². The van der Waals surface area contributed by atoms with Crippen molar-refractivity contribution in [3.05, 3.63) is 74.8 Å². The maximum Gasteiger partial charge on any atom is 0.416 e. The van der Waals surface area contributed by atoms with Crippen LogP contribution in [-0.2, 0) is 12.1 Å². The maximum absolute atomic E-state index is 14.8. The molecule has 0 atom stereocenters. The van der Waals surface area contributed by atoms with Crippen molar-refractivity contribution < 1.29 is 41.0 Å². The fraction of sp³-hybridized carbons (Fsp3) is 0.217. The Morgan fingerprint density at radius 3 is 2.58 bits per heavy atom. The smallest absolute Gasteiger partial charge is 0.416 e. The molecule has 0 aliphatic carbocycles. The third kappa shape index (κ3) is 5.65. The summed E-state index contributed by atoms with van der Waals surface area (Å²) in [7, 11) is 0. The van der Waals surface area contributed by atoms with E-state index in [2.05, 4.69) is 26.2 Å². The highest BCUT2D eigenvalue weighted by Gasteiger charge is 2.36. The summed E-state index contributed by atoms with van der Waals surface area (Å²) in [6.07, 6.45) is -3.60. The third-order valence-corrected chi connectivity index (χ3v) is 5.75. The lowest BCUT2D eigenvalue weighted by Crippen LogP contribution is -2.36. The molecule has 1 aliphatic rings. The van der Waals surface area contributed by atoms with E-state index in [-0.39, 0.29) is 46.9 Å². The first-order chi connectivity index (χ1) is 17.0. The number of fused-ring (bicyclic) bond motifs is 1. The maximum atomic E-state index is 14.8. The Bertz CT molecular complexity index is 1310. The van der Waals surface area contributed by atoms with Crippen molar-refractivity contribution in [2.45, 2.75) is 12.1 Å². The summed E-state index contributed by atoms with van der Waals surface area (Å²) in [5.41, 5.74) is -1.86. The Labute approximate surface area is 214 Å². The van der Waals surface area contributed by atoms with E-state index in [1.807, 2.05) is 0 Å². The van der Waals surface area contributed by atoms with Gasteiger partial charge in [0.05, 0.1) is 23.3 Å².